The van der Waals surface area contributed by atoms with Gasteiger partial charge in [0.2, 0.25) is 5.91 Å². The molecule has 35 heavy (non-hydrogen) atoms. The number of carbonyl (C=O) groups excluding carboxylic acids is 3. The maximum absolute atomic E-state index is 13.1. The molecule has 0 radical (unpaired) electrons. The van der Waals surface area contributed by atoms with Crippen LogP contribution in [0.2, 0.25) is 0 Å². The molecule has 0 spiro atoms. The van der Waals surface area contributed by atoms with E-state index in [1.807, 2.05) is 0 Å². The predicted molar refractivity (Wildman–Crippen MR) is 135 cm³/mol. The maximum atomic E-state index is 13.1. The summed E-state index contributed by atoms with van der Waals surface area (Å²) in [5.41, 5.74) is 3.62. The van der Waals surface area contributed by atoms with Gasteiger partial charge in [-0.05, 0) is 79.9 Å². The van der Waals surface area contributed by atoms with Crippen molar-refractivity contribution in [3.8, 4) is 16.9 Å². The van der Waals surface area contributed by atoms with Gasteiger partial charge in [-0.3, -0.25) is 14.9 Å². The summed E-state index contributed by atoms with van der Waals surface area (Å²) in [6.07, 6.45) is -0.404. The summed E-state index contributed by atoms with van der Waals surface area (Å²) in [4.78, 5) is 39.1. The smallest absolute Gasteiger partial charge is 0.412 e. The monoisotopic (exact) mass is 473 g/mol. The average molecular weight is 474 g/mol. The second-order valence-electron chi connectivity index (χ2n) is 9.36. The van der Waals surface area contributed by atoms with E-state index in [0.717, 1.165) is 22.4 Å². The van der Waals surface area contributed by atoms with Crippen LogP contribution in [0.4, 0.5) is 21.9 Å². The Morgan fingerprint density at radius 1 is 0.914 bits per heavy atom. The molecule has 3 aromatic carbocycles. The van der Waals surface area contributed by atoms with Gasteiger partial charge in [0.15, 0.2) is 0 Å². The molecule has 0 aliphatic carbocycles. The highest BCUT2D eigenvalue weighted by molar-refractivity contribution is 6.09. The van der Waals surface area contributed by atoms with Crippen molar-refractivity contribution in [2.75, 3.05) is 22.6 Å². The predicted octanol–water partition coefficient (Wildman–Crippen LogP) is 5.18. The first-order valence-electron chi connectivity index (χ1n) is 11.1. The minimum absolute atomic E-state index is 0.0250. The lowest BCUT2D eigenvalue weighted by molar-refractivity contribution is -0.117. The van der Waals surface area contributed by atoms with Gasteiger partial charge in [-0.1, -0.05) is 18.2 Å². The van der Waals surface area contributed by atoms with E-state index >= 15 is 0 Å². The van der Waals surface area contributed by atoms with Crippen molar-refractivity contribution in [3.05, 3.63) is 71.8 Å². The zero-order valence-corrected chi connectivity index (χ0v) is 20.0. The minimum Gasteiger partial charge on any atom is -0.508 e. The average Bonchev–Trinajstić information content (AvgIpc) is 3.07. The number of benzene rings is 3. The number of hydrogen-bond acceptors (Lipinski definition) is 5. The Kier molecular flexibility index (Phi) is 6.22. The number of amides is 3. The van der Waals surface area contributed by atoms with Crippen molar-refractivity contribution >= 4 is 35.0 Å². The normalized spacial score (nSPS) is 12.8. The fourth-order valence-corrected chi connectivity index (χ4v) is 3.81. The van der Waals surface area contributed by atoms with E-state index in [1.54, 1.807) is 93.4 Å². The number of likely N-dealkylation sites (N-methyl/N-ethyl adjacent to an activating group) is 1. The van der Waals surface area contributed by atoms with Crippen LogP contribution in [-0.4, -0.2) is 35.7 Å². The highest BCUT2D eigenvalue weighted by Crippen LogP contribution is 2.32. The number of nitrogens with one attached hydrogen (secondary N) is 2. The molecule has 1 heterocycles. The molecule has 3 N–H and O–H groups in total. The zero-order valence-electron chi connectivity index (χ0n) is 20.0. The molecule has 180 valence electrons. The molecule has 0 aromatic heterocycles. The summed E-state index contributed by atoms with van der Waals surface area (Å²) in [5.74, 6) is -0.265. The van der Waals surface area contributed by atoms with Crippen molar-refractivity contribution in [1.82, 2.24) is 0 Å². The van der Waals surface area contributed by atoms with Crippen LogP contribution >= 0.6 is 0 Å². The van der Waals surface area contributed by atoms with Gasteiger partial charge in [0.05, 0.1) is 17.8 Å². The van der Waals surface area contributed by atoms with Gasteiger partial charge in [-0.2, -0.15) is 0 Å². The number of hydrogen-bond donors (Lipinski definition) is 3. The van der Waals surface area contributed by atoms with Gasteiger partial charge in [-0.15, -0.1) is 0 Å². The highest BCUT2D eigenvalue weighted by Gasteiger charge is 2.25. The number of rotatable bonds is 4. The van der Waals surface area contributed by atoms with Gasteiger partial charge >= 0.3 is 6.09 Å². The Labute approximate surface area is 203 Å². The van der Waals surface area contributed by atoms with Crippen LogP contribution < -0.4 is 15.5 Å². The van der Waals surface area contributed by atoms with Crippen molar-refractivity contribution in [3.63, 3.8) is 0 Å². The van der Waals surface area contributed by atoms with Crippen molar-refractivity contribution in [1.29, 1.82) is 0 Å². The summed E-state index contributed by atoms with van der Waals surface area (Å²) in [6, 6.07) is 17.0. The van der Waals surface area contributed by atoms with Crippen LogP contribution in [0.5, 0.6) is 5.75 Å². The van der Waals surface area contributed by atoms with Gasteiger partial charge < -0.3 is 20.1 Å². The Morgan fingerprint density at radius 3 is 2.29 bits per heavy atom. The number of phenolic OH excluding ortho intramolecular Hbond substituents is 1. The number of nitrogens with zero attached hydrogens (tertiary/aromatic N) is 1. The number of fused-ring (bicyclic) bond motifs is 1. The number of phenols is 1. The molecular formula is C27H27N3O5. The molecule has 3 amide bonds. The van der Waals surface area contributed by atoms with E-state index in [9.17, 15) is 19.5 Å². The SMILES string of the molecule is CN1C(=O)Cc2cc(C(=O)Nc3cc(-c4ccc(O)cc4)ccc3NC(=O)OC(C)(C)C)ccc21. The largest absolute Gasteiger partial charge is 0.508 e. The lowest BCUT2D eigenvalue weighted by Gasteiger charge is -2.21. The Balaban J connectivity index is 1.65. The molecule has 1 aliphatic rings. The van der Waals surface area contributed by atoms with Crippen LogP contribution in [0.15, 0.2) is 60.7 Å². The molecule has 8 nitrogen and oxygen atoms in total. The summed E-state index contributed by atoms with van der Waals surface area (Å²) >= 11 is 0. The topological polar surface area (TPSA) is 108 Å². The molecule has 0 unspecified atom stereocenters. The number of aromatic hydroxyl groups is 1. The third kappa shape index (κ3) is 5.43. The van der Waals surface area contributed by atoms with E-state index in [1.165, 1.54) is 0 Å². The fourth-order valence-electron chi connectivity index (χ4n) is 3.81. The summed E-state index contributed by atoms with van der Waals surface area (Å²) < 4.78 is 5.36. The lowest BCUT2D eigenvalue weighted by atomic mass is 10.0. The molecule has 8 heteroatoms. The van der Waals surface area contributed by atoms with Gasteiger partial charge in [0, 0.05) is 18.3 Å². The second-order valence-corrected chi connectivity index (χ2v) is 9.36. The number of ether oxygens (including phenoxy) is 1. The van der Waals surface area contributed by atoms with Crippen LogP contribution in [0.25, 0.3) is 11.1 Å². The number of carbonyl (C=O) groups is 3. The van der Waals surface area contributed by atoms with E-state index in [4.69, 9.17) is 4.74 Å². The molecule has 3 aromatic rings. The number of anilines is 3. The van der Waals surface area contributed by atoms with E-state index in [0.29, 0.717) is 16.9 Å². The third-order valence-electron chi connectivity index (χ3n) is 5.52. The van der Waals surface area contributed by atoms with Crippen LogP contribution in [0.3, 0.4) is 0 Å². The Hall–Kier alpha value is -4.33. The second kappa shape index (κ2) is 9.13. The van der Waals surface area contributed by atoms with Crippen LogP contribution in [-0.2, 0) is 16.0 Å². The standard InChI is InChI=1S/C27H27N3O5/c1-27(2,3)35-26(34)29-21-11-7-17(16-5-9-20(31)10-6-16)14-22(21)28-25(33)18-8-12-23-19(13-18)15-24(32)30(23)4/h5-14,31H,15H2,1-4H3,(H,28,33)(H,29,34). The molecule has 0 bridgehead atoms. The molecule has 0 atom stereocenters. The van der Waals surface area contributed by atoms with Gasteiger partial charge in [-0.25, -0.2) is 4.79 Å². The summed E-state index contributed by atoms with van der Waals surface area (Å²) in [5, 5.41) is 15.2. The van der Waals surface area contributed by atoms with Crippen LogP contribution in [0, 0.1) is 0 Å². The molecule has 1 aliphatic heterocycles. The van der Waals surface area contributed by atoms with Crippen molar-refractivity contribution < 1.29 is 24.2 Å². The van der Waals surface area contributed by atoms with E-state index < -0.39 is 11.7 Å². The first-order valence-corrected chi connectivity index (χ1v) is 11.1. The molecule has 0 fully saturated rings. The Bertz CT molecular complexity index is 1310. The molecule has 4 rings (SSSR count). The van der Waals surface area contributed by atoms with Gasteiger partial charge in [0.25, 0.3) is 5.91 Å². The fraction of sp³-hybridized carbons (Fsp3) is 0.222. The van der Waals surface area contributed by atoms with E-state index in [2.05, 4.69) is 10.6 Å². The quantitative estimate of drug-likeness (QED) is 0.484. The lowest BCUT2D eigenvalue weighted by Crippen LogP contribution is -2.27. The van der Waals surface area contributed by atoms with Crippen molar-refractivity contribution in [2.24, 2.45) is 0 Å². The molecule has 0 saturated heterocycles. The first kappa shape index (κ1) is 23.8. The third-order valence-corrected chi connectivity index (χ3v) is 5.52. The van der Waals surface area contributed by atoms with Gasteiger partial charge in [0.1, 0.15) is 11.4 Å². The maximum Gasteiger partial charge on any atom is 0.412 e. The van der Waals surface area contributed by atoms with E-state index in [-0.39, 0.29) is 24.0 Å². The highest BCUT2D eigenvalue weighted by atomic mass is 16.6. The molecular weight excluding hydrogens is 446 g/mol. The molecule has 0 saturated carbocycles. The summed E-state index contributed by atoms with van der Waals surface area (Å²) in [6.45, 7) is 5.29. The van der Waals surface area contributed by atoms with Crippen molar-refractivity contribution in [2.45, 2.75) is 32.8 Å². The van der Waals surface area contributed by atoms with Crippen LogP contribution in [0.1, 0.15) is 36.7 Å². The first-order chi connectivity index (χ1) is 16.5. The minimum atomic E-state index is -0.686. The Morgan fingerprint density at radius 2 is 1.60 bits per heavy atom. The zero-order chi connectivity index (χ0) is 25.3. The summed E-state index contributed by atoms with van der Waals surface area (Å²) in [7, 11) is 1.71.